The molecule has 29 heavy (non-hydrogen) atoms. The Morgan fingerprint density at radius 1 is 0.586 bits per heavy atom. The van der Waals surface area contributed by atoms with E-state index in [0.29, 0.717) is 5.92 Å². The second-order valence-electron chi connectivity index (χ2n) is 8.48. The van der Waals surface area contributed by atoms with E-state index in [1.807, 2.05) is 0 Å². The summed E-state index contributed by atoms with van der Waals surface area (Å²) in [6, 6.07) is 29.5. The summed E-state index contributed by atoms with van der Waals surface area (Å²) < 4.78 is 0. The van der Waals surface area contributed by atoms with Crippen LogP contribution in [0.15, 0.2) is 78.9 Å². The van der Waals surface area contributed by atoms with Crippen molar-refractivity contribution in [2.24, 2.45) is 0 Å². The number of aryl methyl sites for hydroxylation is 3. The van der Waals surface area contributed by atoms with Crippen molar-refractivity contribution in [2.45, 2.75) is 33.6 Å². The lowest BCUT2D eigenvalue weighted by atomic mass is 9.84. The van der Waals surface area contributed by atoms with Gasteiger partial charge in [-0.15, -0.1) is 0 Å². The van der Waals surface area contributed by atoms with Gasteiger partial charge >= 0.3 is 0 Å². The molecule has 4 aromatic carbocycles. The van der Waals surface area contributed by atoms with Crippen molar-refractivity contribution in [3.05, 3.63) is 118 Å². The standard InChI is InChI=1S/C29H26/c1-18-8-12-22(13-9-18)23-6-5-7-24(17-23)29-27-16-19(2)10-14-25(27)26-15-11-20(3)21(4)28(26)29/h5-17,29H,1-4H3. The molecule has 1 aliphatic carbocycles. The first-order valence-corrected chi connectivity index (χ1v) is 10.4. The highest BCUT2D eigenvalue weighted by Crippen LogP contribution is 2.50. The molecule has 0 saturated heterocycles. The van der Waals surface area contributed by atoms with Crippen LogP contribution in [0.2, 0.25) is 0 Å². The molecule has 0 fully saturated rings. The van der Waals surface area contributed by atoms with Crippen molar-refractivity contribution in [1.29, 1.82) is 0 Å². The van der Waals surface area contributed by atoms with E-state index in [9.17, 15) is 0 Å². The molecule has 4 aromatic rings. The molecule has 0 aromatic heterocycles. The van der Waals surface area contributed by atoms with Crippen LogP contribution in [-0.4, -0.2) is 0 Å². The Hall–Kier alpha value is -3.12. The van der Waals surface area contributed by atoms with Gasteiger partial charge in [-0.25, -0.2) is 0 Å². The van der Waals surface area contributed by atoms with Gasteiger partial charge in [0.15, 0.2) is 0 Å². The third-order valence-corrected chi connectivity index (χ3v) is 6.49. The van der Waals surface area contributed by atoms with Crippen LogP contribution in [0, 0.1) is 27.7 Å². The summed E-state index contributed by atoms with van der Waals surface area (Å²) in [7, 11) is 0. The van der Waals surface area contributed by atoms with E-state index in [-0.39, 0.29) is 0 Å². The van der Waals surface area contributed by atoms with Crippen LogP contribution in [0.3, 0.4) is 0 Å². The lowest BCUT2D eigenvalue weighted by Gasteiger charge is -2.19. The predicted molar refractivity (Wildman–Crippen MR) is 124 cm³/mol. The monoisotopic (exact) mass is 374 g/mol. The van der Waals surface area contributed by atoms with Gasteiger partial charge in [-0.05, 0) is 77.8 Å². The molecule has 0 saturated carbocycles. The van der Waals surface area contributed by atoms with Gasteiger partial charge < -0.3 is 0 Å². The van der Waals surface area contributed by atoms with Gasteiger partial charge in [-0.2, -0.15) is 0 Å². The highest BCUT2D eigenvalue weighted by Gasteiger charge is 2.31. The first-order valence-electron chi connectivity index (χ1n) is 10.4. The van der Waals surface area contributed by atoms with Gasteiger partial charge in [0.05, 0.1) is 0 Å². The zero-order valence-corrected chi connectivity index (χ0v) is 17.6. The average Bonchev–Trinajstić information content (AvgIpc) is 3.05. The Bertz CT molecular complexity index is 1230. The molecule has 1 unspecified atom stereocenters. The first-order chi connectivity index (χ1) is 14.0. The summed E-state index contributed by atoms with van der Waals surface area (Å²) in [6.45, 7) is 8.84. The van der Waals surface area contributed by atoms with Crippen LogP contribution in [0.5, 0.6) is 0 Å². The van der Waals surface area contributed by atoms with Crippen molar-refractivity contribution >= 4 is 0 Å². The maximum atomic E-state index is 2.39. The highest BCUT2D eigenvalue weighted by atomic mass is 14.3. The van der Waals surface area contributed by atoms with Crippen molar-refractivity contribution < 1.29 is 0 Å². The molecule has 0 N–H and O–H groups in total. The zero-order valence-electron chi connectivity index (χ0n) is 17.6. The van der Waals surface area contributed by atoms with E-state index < -0.39 is 0 Å². The number of hydrogen-bond donors (Lipinski definition) is 0. The van der Waals surface area contributed by atoms with E-state index in [1.165, 1.54) is 61.2 Å². The molecule has 0 nitrogen and oxygen atoms in total. The molecule has 0 spiro atoms. The van der Waals surface area contributed by atoms with Crippen LogP contribution < -0.4 is 0 Å². The Morgan fingerprint density at radius 3 is 2.10 bits per heavy atom. The molecule has 1 aliphatic rings. The maximum Gasteiger partial charge on any atom is 0.0355 e. The van der Waals surface area contributed by atoms with Crippen LogP contribution in [0.1, 0.15) is 44.9 Å². The van der Waals surface area contributed by atoms with Crippen molar-refractivity contribution in [1.82, 2.24) is 0 Å². The third kappa shape index (κ3) is 2.91. The summed E-state index contributed by atoms with van der Waals surface area (Å²) in [5.41, 5.74) is 15.1. The van der Waals surface area contributed by atoms with Gasteiger partial charge in [0.2, 0.25) is 0 Å². The SMILES string of the molecule is Cc1ccc(-c2cccc(C3c4cc(C)ccc4-c4ccc(C)c(C)c43)c2)cc1. The maximum absolute atomic E-state index is 2.39. The molecular formula is C29H26. The Balaban J connectivity index is 1.73. The Morgan fingerprint density at radius 2 is 1.31 bits per heavy atom. The molecule has 0 bridgehead atoms. The second-order valence-corrected chi connectivity index (χ2v) is 8.48. The van der Waals surface area contributed by atoms with E-state index in [1.54, 1.807) is 0 Å². The van der Waals surface area contributed by atoms with Gasteiger partial charge in [-0.1, -0.05) is 90.0 Å². The fraction of sp³-hybridized carbons (Fsp3) is 0.172. The van der Waals surface area contributed by atoms with Gasteiger partial charge in [0.1, 0.15) is 0 Å². The highest BCUT2D eigenvalue weighted by molar-refractivity contribution is 5.83. The van der Waals surface area contributed by atoms with E-state index in [0.717, 1.165) is 0 Å². The molecular weight excluding hydrogens is 348 g/mol. The minimum Gasteiger partial charge on any atom is -0.0613 e. The minimum absolute atomic E-state index is 0.296. The summed E-state index contributed by atoms with van der Waals surface area (Å²) >= 11 is 0. The van der Waals surface area contributed by atoms with E-state index >= 15 is 0 Å². The smallest absolute Gasteiger partial charge is 0.0355 e. The summed E-state index contributed by atoms with van der Waals surface area (Å²) in [6.07, 6.45) is 0. The minimum atomic E-state index is 0.296. The van der Waals surface area contributed by atoms with E-state index in [4.69, 9.17) is 0 Å². The number of rotatable bonds is 2. The van der Waals surface area contributed by atoms with Crippen LogP contribution in [-0.2, 0) is 0 Å². The van der Waals surface area contributed by atoms with Crippen molar-refractivity contribution in [2.75, 3.05) is 0 Å². The molecule has 142 valence electrons. The largest absolute Gasteiger partial charge is 0.0613 e. The lowest BCUT2D eigenvalue weighted by molar-refractivity contribution is 0.992. The summed E-state index contributed by atoms with van der Waals surface area (Å²) in [4.78, 5) is 0. The van der Waals surface area contributed by atoms with Crippen LogP contribution in [0.25, 0.3) is 22.3 Å². The normalized spacial score (nSPS) is 14.6. The number of fused-ring (bicyclic) bond motifs is 3. The number of benzene rings is 4. The first kappa shape index (κ1) is 17.9. The van der Waals surface area contributed by atoms with Crippen LogP contribution >= 0.6 is 0 Å². The topological polar surface area (TPSA) is 0 Å². The Labute approximate surface area is 173 Å². The fourth-order valence-electron chi connectivity index (χ4n) is 4.76. The predicted octanol–water partition coefficient (Wildman–Crippen LogP) is 7.75. The summed E-state index contributed by atoms with van der Waals surface area (Å²) in [5.74, 6) is 0.296. The lowest BCUT2D eigenvalue weighted by Crippen LogP contribution is -2.03. The molecule has 0 heterocycles. The summed E-state index contributed by atoms with van der Waals surface area (Å²) in [5, 5.41) is 0. The molecule has 0 amide bonds. The molecule has 0 heteroatoms. The van der Waals surface area contributed by atoms with Crippen LogP contribution in [0.4, 0.5) is 0 Å². The third-order valence-electron chi connectivity index (χ3n) is 6.49. The van der Waals surface area contributed by atoms with Crippen molar-refractivity contribution in [3.63, 3.8) is 0 Å². The molecule has 0 aliphatic heterocycles. The van der Waals surface area contributed by atoms with Crippen molar-refractivity contribution in [3.8, 4) is 22.3 Å². The van der Waals surface area contributed by atoms with E-state index in [2.05, 4.69) is 107 Å². The average molecular weight is 375 g/mol. The zero-order chi connectivity index (χ0) is 20.1. The Kier molecular flexibility index (Phi) is 4.17. The molecule has 0 radical (unpaired) electrons. The molecule has 5 rings (SSSR count). The second kappa shape index (κ2) is 6.74. The fourth-order valence-corrected chi connectivity index (χ4v) is 4.76. The van der Waals surface area contributed by atoms with Gasteiger partial charge in [0.25, 0.3) is 0 Å². The van der Waals surface area contributed by atoms with Gasteiger partial charge in [-0.3, -0.25) is 0 Å². The van der Waals surface area contributed by atoms with Gasteiger partial charge in [0, 0.05) is 5.92 Å². The molecule has 1 atom stereocenters. The quantitative estimate of drug-likeness (QED) is 0.296. The number of hydrogen-bond acceptors (Lipinski definition) is 0.